The van der Waals surface area contributed by atoms with E-state index in [1.54, 1.807) is 11.3 Å². The molecule has 0 amide bonds. The number of fused-ring (bicyclic) bond motifs is 2. The van der Waals surface area contributed by atoms with E-state index in [-0.39, 0.29) is 0 Å². The number of nitrogens with zero attached hydrogens (tertiary/aromatic N) is 1. The van der Waals surface area contributed by atoms with E-state index in [2.05, 4.69) is 33.7 Å². The summed E-state index contributed by atoms with van der Waals surface area (Å²) in [6, 6.07) is 3.55. The highest BCUT2D eigenvalue weighted by atomic mass is 32.1. The Labute approximate surface area is 111 Å². The zero-order valence-corrected chi connectivity index (χ0v) is 11.3. The van der Waals surface area contributed by atoms with E-state index >= 15 is 0 Å². The lowest BCUT2D eigenvalue weighted by Crippen LogP contribution is -2.22. The van der Waals surface area contributed by atoms with E-state index in [0.29, 0.717) is 12.0 Å². The lowest BCUT2D eigenvalue weighted by Gasteiger charge is -2.17. The van der Waals surface area contributed by atoms with Crippen LogP contribution in [0.25, 0.3) is 10.6 Å². The van der Waals surface area contributed by atoms with Crippen molar-refractivity contribution in [1.29, 1.82) is 0 Å². The van der Waals surface area contributed by atoms with Gasteiger partial charge in [0, 0.05) is 18.0 Å². The fourth-order valence-electron chi connectivity index (χ4n) is 3.42. The summed E-state index contributed by atoms with van der Waals surface area (Å²) in [7, 11) is 0. The van der Waals surface area contributed by atoms with Gasteiger partial charge in [0.25, 0.3) is 0 Å². The van der Waals surface area contributed by atoms with Gasteiger partial charge in [-0.05, 0) is 43.2 Å². The maximum absolute atomic E-state index is 4.63. The summed E-state index contributed by atoms with van der Waals surface area (Å²) in [5.41, 5.74) is 2.52. The van der Waals surface area contributed by atoms with Gasteiger partial charge in [-0.2, -0.15) is 0 Å². The average Bonchev–Trinajstić information content (AvgIpc) is 3.12. The summed E-state index contributed by atoms with van der Waals surface area (Å²) >= 11 is 1.79. The number of nitrogens with one attached hydrogen (secondary N) is 2. The van der Waals surface area contributed by atoms with Crippen LogP contribution in [0.5, 0.6) is 0 Å². The fraction of sp³-hybridized carbons (Fsp3) is 0.500. The van der Waals surface area contributed by atoms with Crippen LogP contribution >= 0.6 is 11.3 Å². The molecule has 2 N–H and O–H groups in total. The Morgan fingerprint density at radius 3 is 3.00 bits per heavy atom. The van der Waals surface area contributed by atoms with Gasteiger partial charge in [-0.1, -0.05) is 0 Å². The van der Waals surface area contributed by atoms with Crippen LogP contribution in [0, 0.1) is 6.92 Å². The number of H-pyrrole nitrogens is 1. The van der Waals surface area contributed by atoms with Crippen LogP contribution in [-0.4, -0.2) is 22.1 Å². The zero-order chi connectivity index (χ0) is 12.1. The van der Waals surface area contributed by atoms with Crippen molar-refractivity contribution in [2.75, 3.05) is 0 Å². The van der Waals surface area contributed by atoms with Crippen LogP contribution in [0.1, 0.15) is 36.6 Å². The number of rotatable bonds is 2. The number of aromatic amines is 1. The molecule has 2 aromatic rings. The molecule has 2 aliphatic heterocycles. The van der Waals surface area contributed by atoms with Crippen LogP contribution in [0.15, 0.2) is 17.6 Å². The molecule has 0 radical (unpaired) electrons. The van der Waals surface area contributed by atoms with Crippen LogP contribution < -0.4 is 5.32 Å². The van der Waals surface area contributed by atoms with Gasteiger partial charge in [0.15, 0.2) is 0 Å². The van der Waals surface area contributed by atoms with Crippen molar-refractivity contribution in [3.05, 3.63) is 29.0 Å². The van der Waals surface area contributed by atoms with Crippen molar-refractivity contribution in [3.8, 4) is 10.6 Å². The van der Waals surface area contributed by atoms with Gasteiger partial charge in [-0.15, -0.1) is 11.3 Å². The second-order valence-corrected chi connectivity index (χ2v) is 6.42. The molecule has 94 valence electrons. The molecule has 3 atom stereocenters. The van der Waals surface area contributed by atoms with Gasteiger partial charge >= 0.3 is 0 Å². The van der Waals surface area contributed by atoms with Crippen molar-refractivity contribution in [3.63, 3.8) is 0 Å². The molecule has 2 aromatic heterocycles. The Morgan fingerprint density at radius 1 is 1.39 bits per heavy atom. The van der Waals surface area contributed by atoms with Crippen LogP contribution in [-0.2, 0) is 0 Å². The van der Waals surface area contributed by atoms with Crippen molar-refractivity contribution in [2.45, 2.75) is 44.2 Å². The first-order chi connectivity index (χ1) is 8.81. The fourth-order valence-corrected chi connectivity index (χ4v) is 4.31. The Morgan fingerprint density at radius 2 is 2.33 bits per heavy atom. The van der Waals surface area contributed by atoms with E-state index in [1.807, 2.05) is 6.20 Å². The largest absolute Gasteiger partial charge is 0.341 e. The van der Waals surface area contributed by atoms with Gasteiger partial charge in [0.2, 0.25) is 0 Å². The van der Waals surface area contributed by atoms with E-state index in [0.717, 1.165) is 6.04 Å². The Balaban J connectivity index is 1.65. The Hall–Kier alpha value is -1.13. The first kappa shape index (κ1) is 10.8. The molecule has 2 saturated heterocycles. The molecule has 3 nitrogen and oxygen atoms in total. The molecule has 0 aromatic carbocycles. The first-order valence-corrected chi connectivity index (χ1v) is 7.54. The van der Waals surface area contributed by atoms with Gasteiger partial charge < -0.3 is 10.3 Å². The first-order valence-electron chi connectivity index (χ1n) is 6.66. The molecule has 4 heteroatoms. The molecule has 4 rings (SSSR count). The normalized spacial score (nSPS) is 30.2. The molecule has 2 fully saturated rings. The zero-order valence-electron chi connectivity index (χ0n) is 10.4. The quantitative estimate of drug-likeness (QED) is 0.870. The van der Waals surface area contributed by atoms with E-state index < -0.39 is 0 Å². The molecular weight excluding hydrogens is 242 g/mol. The van der Waals surface area contributed by atoms with Crippen LogP contribution in [0.4, 0.5) is 0 Å². The van der Waals surface area contributed by atoms with Gasteiger partial charge in [0.1, 0.15) is 5.82 Å². The maximum Gasteiger partial charge on any atom is 0.111 e. The third-order valence-electron chi connectivity index (χ3n) is 4.35. The number of aromatic nitrogens is 2. The summed E-state index contributed by atoms with van der Waals surface area (Å²) in [5.74, 6) is 1.77. The van der Waals surface area contributed by atoms with Gasteiger partial charge in [0.05, 0.1) is 16.8 Å². The average molecular weight is 259 g/mol. The number of hydrogen-bond donors (Lipinski definition) is 2. The summed E-state index contributed by atoms with van der Waals surface area (Å²) in [6.45, 7) is 2.16. The van der Waals surface area contributed by atoms with E-state index in [1.165, 1.54) is 41.2 Å². The lowest BCUT2D eigenvalue weighted by molar-refractivity contribution is 0.490. The summed E-state index contributed by atoms with van der Waals surface area (Å²) in [4.78, 5) is 9.49. The second-order valence-electron chi connectivity index (χ2n) is 5.50. The van der Waals surface area contributed by atoms with Crippen molar-refractivity contribution >= 4 is 11.3 Å². The van der Waals surface area contributed by atoms with Crippen molar-refractivity contribution in [1.82, 2.24) is 15.3 Å². The molecule has 0 spiro atoms. The molecule has 3 unspecified atom stereocenters. The lowest BCUT2D eigenvalue weighted by atomic mass is 9.89. The third kappa shape index (κ3) is 1.56. The van der Waals surface area contributed by atoms with Crippen LogP contribution in [0.3, 0.4) is 0 Å². The predicted molar refractivity (Wildman–Crippen MR) is 73.9 cm³/mol. The highest BCUT2D eigenvalue weighted by Gasteiger charge is 2.41. The van der Waals surface area contributed by atoms with Crippen molar-refractivity contribution in [2.24, 2.45) is 0 Å². The summed E-state index contributed by atoms with van der Waals surface area (Å²) < 4.78 is 0. The highest BCUT2D eigenvalue weighted by Crippen LogP contribution is 2.39. The number of hydrogen-bond acceptors (Lipinski definition) is 3. The summed E-state index contributed by atoms with van der Waals surface area (Å²) in [6.07, 6.45) is 5.91. The maximum atomic E-state index is 4.63. The number of imidazole rings is 1. The predicted octanol–water partition coefficient (Wildman–Crippen LogP) is 3.05. The van der Waals surface area contributed by atoms with Crippen LogP contribution in [0.2, 0.25) is 0 Å². The highest BCUT2D eigenvalue weighted by molar-refractivity contribution is 7.13. The molecule has 4 heterocycles. The molecule has 18 heavy (non-hydrogen) atoms. The molecular formula is C14H17N3S. The number of thiophene rings is 1. The third-order valence-corrected chi connectivity index (χ3v) is 5.40. The SMILES string of the molecule is Cc1ccsc1-c1cnc(C2CC3CCC2N3)[nH]1. The van der Waals surface area contributed by atoms with Gasteiger partial charge in [-0.25, -0.2) is 4.98 Å². The minimum Gasteiger partial charge on any atom is -0.341 e. The topological polar surface area (TPSA) is 40.7 Å². The molecule has 2 bridgehead atoms. The van der Waals surface area contributed by atoms with E-state index in [9.17, 15) is 0 Å². The monoisotopic (exact) mass is 259 g/mol. The molecule has 0 aliphatic carbocycles. The molecule has 0 saturated carbocycles. The second kappa shape index (κ2) is 3.93. The number of aryl methyl sites for hydroxylation is 1. The minimum absolute atomic E-state index is 0.595. The standard InChI is InChI=1S/C14H17N3S/c1-8-4-5-18-13(8)12-7-15-14(17-12)10-6-9-2-3-11(10)16-9/h4-5,7,9-11,16H,2-3,6H2,1H3,(H,15,17). The summed E-state index contributed by atoms with van der Waals surface area (Å²) in [5, 5.41) is 5.82. The smallest absolute Gasteiger partial charge is 0.111 e. The van der Waals surface area contributed by atoms with Crippen molar-refractivity contribution < 1.29 is 0 Å². The van der Waals surface area contributed by atoms with Gasteiger partial charge in [-0.3, -0.25) is 0 Å². The molecule has 2 aliphatic rings. The minimum atomic E-state index is 0.595. The Kier molecular flexibility index (Phi) is 2.35. The van der Waals surface area contributed by atoms with E-state index in [4.69, 9.17) is 0 Å². The Bertz CT molecular complexity index is 571.